The minimum atomic E-state index is -0.884. The number of nitrogens with two attached hydrogens (primary N) is 1. The molecule has 0 amide bonds. The lowest BCUT2D eigenvalue weighted by Crippen LogP contribution is -2.03. The predicted octanol–water partition coefficient (Wildman–Crippen LogP) is 3.40. The Morgan fingerprint density at radius 2 is 1.81 bits per heavy atom. The van der Waals surface area contributed by atoms with Gasteiger partial charge in [-0.05, 0) is 29.7 Å². The minimum absolute atomic E-state index is 0.0645. The number of hydrogen-bond donors (Lipinski definition) is 1. The summed E-state index contributed by atoms with van der Waals surface area (Å²) in [5.74, 6) is -1.28. The second-order valence-corrected chi connectivity index (χ2v) is 4.53. The van der Waals surface area contributed by atoms with Crippen LogP contribution in [0.25, 0.3) is 16.5 Å². The Morgan fingerprint density at radius 1 is 1.10 bits per heavy atom. The average Bonchev–Trinajstić information content (AvgIpc) is 2.83. The smallest absolute Gasteiger partial charge is 0.295 e. The maximum atomic E-state index is 14.2. The monoisotopic (exact) mass is 289 g/mol. The molecule has 3 rings (SSSR count). The van der Waals surface area contributed by atoms with Gasteiger partial charge in [0.25, 0.3) is 5.69 Å². The first kappa shape index (κ1) is 13.0. The number of nitro benzene ring substituents is 1. The molecule has 1 aromatic heterocycles. The molecular weight excluding hydrogens is 280 g/mol. The molecule has 0 aliphatic heterocycles. The Kier molecular flexibility index (Phi) is 2.83. The van der Waals surface area contributed by atoms with Crippen LogP contribution in [0.15, 0.2) is 42.7 Å². The molecule has 5 nitrogen and oxygen atoms in total. The summed E-state index contributed by atoms with van der Waals surface area (Å²) < 4.78 is 28.8. The van der Waals surface area contributed by atoms with Crippen molar-refractivity contribution < 1.29 is 13.7 Å². The standard InChI is InChI=1S/C14H9F2N3O2/c15-10-2-1-8-6-18(7-9(8)5-10)11-3-4-12(19(20)21)14(17)13(11)16/h1-7H,17H2. The summed E-state index contributed by atoms with van der Waals surface area (Å²) in [5, 5.41) is 12.0. The van der Waals surface area contributed by atoms with Gasteiger partial charge in [0.05, 0.1) is 10.6 Å². The second kappa shape index (κ2) is 4.55. The lowest BCUT2D eigenvalue weighted by atomic mass is 10.2. The molecule has 0 saturated carbocycles. The van der Waals surface area contributed by atoms with Crippen molar-refractivity contribution in [2.75, 3.05) is 5.73 Å². The van der Waals surface area contributed by atoms with Gasteiger partial charge in [-0.3, -0.25) is 10.1 Å². The number of aromatic nitrogens is 1. The summed E-state index contributed by atoms with van der Waals surface area (Å²) in [5.41, 5.74) is 4.50. The van der Waals surface area contributed by atoms with Crippen LogP contribution in [0, 0.1) is 21.7 Å². The lowest BCUT2D eigenvalue weighted by molar-refractivity contribution is -0.384. The van der Waals surface area contributed by atoms with Crippen LogP contribution in [0.4, 0.5) is 20.2 Å². The molecule has 106 valence electrons. The molecule has 0 spiro atoms. The van der Waals surface area contributed by atoms with Crippen molar-refractivity contribution in [3.05, 3.63) is 64.5 Å². The van der Waals surface area contributed by atoms with Crippen molar-refractivity contribution in [1.29, 1.82) is 0 Å². The van der Waals surface area contributed by atoms with E-state index < -0.39 is 27.9 Å². The molecule has 21 heavy (non-hydrogen) atoms. The molecule has 0 radical (unpaired) electrons. The summed E-state index contributed by atoms with van der Waals surface area (Å²) in [6, 6.07) is 6.58. The highest BCUT2D eigenvalue weighted by Gasteiger charge is 2.19. The molecule has 0 atom stereocenters. The Morgan fingerprint density at radius 3 is 2.52 bits per heavy atom. The molecule has 1 heterocycles. The molecule has 0 aliphatic carbocycles. The van der Waals surface area contributed by atoms with Gasteiger partial charge >= 0.3 is 0 Å². The Bertz CT molecular complexity index is 874. The molecule has 2 N–H and O–H groups in total. The normalized spacial score (nSPS) is 11.0. The third-order valence-electron chi connectivity index (χ3n) is 3.22. The van der Waals surface area contributed by atoms with E-state index in [4.69, 9.17) is 5.73 Å². The van der Waals surface area contributed by atoms with Crippen LogP contribution in [-0.2, 0) is 0 Å². The van der Waals surface area contributed by atoms with Crippen LogP contribution in [0.3, 0.4) is 0 Å². The van der Waals surface area contributed by atoms with E-state index >= 15 is 0 Å². The van der Waals surface area contributed by atoms with Crippen LogP contribution in [0.2, 0.25) is 0 Å². The van der Waals surface area contributed by atoms with Crippen molar-refractivity contribution >= 4 is 22.1 Å². The predicted molar refractivity (Wildman–Crippen MR) is 74.3 cm³/mol. The fourth-order valence-corrected chi connectivity index (χ4v) is 2.18. The number of halogens is 2. The van der Waals surface area contributed by atoms with Crippen molar-refractivity contribution in [1.82, 2.24) is 4.57 Å². The Labute approximate surface area is 117 Å². The van der Waals surface area contributed by atoms with Gasteiger partial charge in [0.2, 0.25) is 0 Å². The van der Waals surface area contributed by atoms with E-state index in [1.165, 1.54) is 29.0 Å². The van der Waals surface area contributed by atoms with E-state index in [1.54, 1.807) is 12.3 Å². The molecule has 0 unspecified atom stereocenters. The molecule has 7 heteroatoms. The zero-order chi connectivity index (χ0) is 15.1. The van der Waals surface area contributed by atoms with E-state index in [0.717, 1.165) is 6.07 Å². The second-order valence-electron chi connectivity index (χ2n) is 4.53. The van der Waals surface area contributed by atoms with Gasteiger partial charge in [-0.15, -0.1) is 0 Å². The number of nitro groups is 1. The molecule has 3 aromatic rings. The van der Waals surface area contributed by atoms with Gasteiger partial charge in [-0.1, -0.05) is 0 Å². The van der Waals surface area contributed by atoms with E-state index in [2.05, 4.69) is 0 Å². The summed E-state index contributed by atoms with van der Waals surface area (Å²) in [6.45, 7) is 0. The average molecular weight is 289 g/mol. The SMILES string of the molecule is Nc1c([N+](=O)[O-])ccc(-n2cc3ccc(F)cc3c2)c1F. The molecule has 0 fully saturated rings. The van der Waals surface area contributed by atoms with Crippen molar-refractivity contribution in [2.24, 2.45) is 0 Å². The van der Waals surface area contributed by atoms with Crippen LogP contribution in [-0.4, -0.2) is 9.49 Å². The first-order valence-corrected chi connectivity index (χ1v) is 5.97. The van der Waals surface area contributed by atoms with E-state index in [-0.39, 0.29) is 5.69 Å². The number of benzene rings is 2. The summed E-state index contributed by atoms with van der Waals surface area (Å²) in [4.78, 5) is 9.96. The van der Waals surface area contributed by atoms with Crippen molar-refractivity contribution in [3.63, 3.8) is 0 Å². The quantitative estimate of drug-likeness (QED) is 0.446. The maximum absolute atomic E-state index is 14.2. The fourth-order valence-electron chi connectivity index (χ4n) is 2.18. The number of nitrogen functional groups attached to an aromatic ring is 1. The zero-order valence-electron chi connectivity index (χ0n) is 10.6. The summed E-state index contributed by atoms with van der Waals surface area (Å²) >= 11 is 0. The third kappa shape index (κ3) is 2.08. The highest BCUT2D eigenvalue weighted by Crippen LogP contribution is 2.30. The van der Waals surface area contributed by atoms with Crippen LogP contribution in [0.5, 0.6) is 0 Å². The fraction of sp³-hybridized carbons (Fsp3) is 0. The summed E-state index contributed by atoms with van der Waals surface area (Å²) in [6.07, 6.45) is 3.13. The topological polar surface area (TPSA) is 74.1 Å². The number of hydrogen-bond acceptors (Lipinski definition) is 3. The largest absolute Gasteiger partial charge is 0.391 e. The van der Waals surface area contributed by atoms with Gasteiger partial charge in [-0.2, -0.15) is 0 Å². The lowest BCUT2D eigenvalue weighted by Gasteiger charge is -2.06. The Hall–Kier alpha value is -2.96. The molecule has 2 aromatic carbocycles. The molecule has 0 saturated heterocycles. The molecular formula is C14H9F2N3O2. The molecule has 0 bridgehead atoms. The number of anilines is 1. The minimum Gasteiger partial charge on any atom is -0.391 e. The number of fused-ring (bicyclic) bond motifs is 1. The highest BCUT2D eigenvalue weighted by atomic mass is 19.1. The number of rotatable bonds is 2. The van der Waals surface area contributed by atoms with Crippen LogP contribution < -0.4 is 5.73 Å². The van der Waals surface area contributed by atoms with Gasteiger partial charge in [0.15, 0.2) is 5.82 Å². The zero-order valence-corrected chi connectivity index (χ0v) is 10.6. The van der Waals surface area contributed by atoms with E-state index in [0.29, 0.717) is 10.8 Å². The van der Waals surface area contributed by atoms with Crippen LogP contribution >= 0.6 is 0 Å². The first-order chi connectivity index (χ1) is 9.97. The first-order valence-electron chi connectivity index (χ1n) is 5.97. The highest BCUT2D eigenvalue weighted by molar-refractivity contribution is 5.83. The van der Waals surface area contributed by atoms with Gasteiger partial charge in [0, 0.05) is 23.8 Å². The maximum Gasteiger partial charge on any atom is 0.295 e. The van der Waals surface area contributed by atoms with E-state index in [9.17, 15) is 18.9 Å². The Balaban J connectivity index is 2.18. The van der Waals surface area contributed by atoms with Gasteiger partial charge in [-0.25, -0.2) is 8.78 Å². The third-order valence-corrected chi connectivity index (χ3v) is 3.22. The molecule has 0 aliphatic rings. The van der Waals surface area contributed by atoms with Gasteiger partial charge < -0.3 is 10.3 Å². The van der Waals surface area contributed by atoms with Crippen LogP contribution in [0.1, 0.15) is 0 Å². The number of nitrogens with zero attached hydrogens (tertiary/aromatic N) is 2. The van der Waals surface area contributed by atoms with E-state index in [1.807, 2.05) is 0 Å². The summed E-state index contributed by atoms with van der Waals surface area (Å²) in [7, 11) is 0. The van der Waals surface area contributed by atoms with Crippen molar-refractivity contribution in [3.8, 4) is 5.69 Å². The van der Waals surface area contributed by atoms with Gasteiger partial charge in [0.1, 0.15) is 11.5 Å². The van der Waals surface area contributed by atoms with Crippen molar-refractivity contribution in [2.45, 2.75) is 0 Å².